The van der Waals surface area contributed by atoms with Crippen LogP contribution in [0.2, 0.25) is 5.02 Å². The number of fused-ring (bicyclic) bond motifs is 1. The average Bonchev–Trinajstić information content (AvgIpc) is 2.75. The number of carbonyl (C=O) groups excluding carboxylic acids is 1. The van der Waals surface area contributed by atoms with E-state index in [1.165, 1.54) is 12.1 Å². The fourth-order valence-electron chi connectivity index (χ4n) is 3.54. The number of amides is 1. The minimum absolute atomic E-state index is 0.126. The van der Waals surface area contributed by atoms with E-state index in [1.54, 1.807) is 42.3 Å². The van der Waals surface area contributed by atoms with Gasteiger partial charge >= 0.3 is 0 Å². The van der Waals surface area contributed by atoms with Crippen LogP contribution in [0.1, 0.15) is 6.92 Å². The normalized spacial score (nSPS) is 15.2. The number of ether oxygens (including phenoxy) is 2. The van der Waals surface area contributed by atoms with Crippen molar-refractivity contribution in [2.45, 2.75) is 13.0 Å². The fourth-order valence-corrected chi connectivity index (χ4v) is 3.81. The quantitative estimate of drug-likeness (QED) is 0.686. The maximum atomic E-state index is 13.4. The molecule has 1 fully saturated rings. The molecule has 1 aliphatic heterocycles. The van der Waals surface area contributed by atoms with Crippen LogP contribution in [0.25, 0.3) is 21.9 Å². The van der Waals surface area contributed by atoms with Crippen LogP contribution >= 0.6 is 11.6 Å². The number of aromatic nitrogens is 1. The van der Waals surface area contributed by atoms with E-state index in [0.29, 0.717) is 54.0 Å². The first-order valence-electron chi connectivity index (χ1n) is 9.58. The van der Waals surface area contributed by atoms with Crippen LogP contribution in [0.15, 0.2) is 47.4 Å². The van der Waals surface area contributed by atoms with E-state index in [1.807, 2.05) is 0 Å². The topological polar surface area (TPSA) is 71.6 Å². The molecular weight excluding hydrogens is 411 g/mol. The number of hydrogen-bond donors (Lipinski definition) is 1. The van der Waals surface area contributed by atoms with Crippen molar-refractivity contribution in [1.82, 2.24) is 9.88 Å². The molecule has 0 aliphatic carbocycles. The second kappa shape index (κ2) is 8.45. The maximum absolute atomic E-state index is 13.4. The monoisotopic (exact) mass is 430 g/mol. The third-order valence-electron chi connectivity index (χ3n) is 5.08. The van der Waals surface area contributed by atoms with Crippen molar-refractivity contribution in [3.8, 4) is 16.9 Å². The summed E-state index contributed by atoms with van der Waals surface area (Å²) >= 11 is 6.21. The van der Waals surface area contributed by atoms with Crippen molar-refractivity contribution in [2.24, 2.45) is 0 Å². The van der Waals surface area contributed by atoms with E-state index in [4.69, 9.17) is 21.1 Å². The van der Waals surface area contributed by atoms with Gasteiger partial charge in [-0.25, -0.2) is 4.39 Å². The van der Waals surface area contributed by atoms with Crippen molar-refractivity contribution in [2.75, 3.05) is 26.3 Å². The van der Waals surface area contributed by atoms with Gasteiger partial charge in [0.05, 0.1) is 23.6 Å². The smallest absolute Gasteiger partial charge is 0.263 e. The first-order chi connectivity index (χ1) is 14.4. The Bertz CT molecular complexity index is 1160. The van der Waals surface area contributed by atoms with E-state index in [9.17, 15) is 14.0 Å². The molecule has 30 heavy (non-hydrogen) atoms. The lowest BCUT2D eigenvalue weighted by molar-refractivity contribution is -0.142. The number of rotatable bonds is 4. The van der Waals surface area contributed by atoms with Gasteiger partial charge in [-0.3, -0.25) is 9.59 Å². The van der Waals surface area contributed by atoms with Gasteiger partial charge in [0.1, 0.15) is 11.6 Å². The van der Waals surface area contributed by atoms with E-state index in [-0.39, 0.29) is 16.5 Å². The first kappa shape index (κ1) is 20.4. The predicted molar refractivity (Wildman–Crippen MR) is 112 cm³/mol. The number of carbonyl (C=O) groups is 1. The Labute approximate surface area is 177 Å². The summed E-state index contributed by atoms with van der Waals surface area (Å²) in [6, 6.07) is 9.14. The molecule has 4 rings (SSSR count). The number of nitrogens with one attached hydrogen (secondary N) is 1. The zero-order chi connectivity index (χ0) is 21.3. The molecule has 0 spiro atoms. The molecule has 1 atom stereocenters. The number of pyridine rings is 1. The number of H-pyrrole nitrogens is 1. The van der Waals surface area contributed by atoms with Crippen molar-refractivity contribution in [3.05, 3.63) is 63.8 Å². The highest BCUT2D eigenvalue weighted by atomic mass is 35.5. The molecular formula is C22H20ClFN2O4. The van der Waals surface area contributed by atoms with Crippen LogP contribution in [-0.4, -0.2) is 48.2 Å². The van der Waals surface area contributed by atoms with Gasteiger partial charge in [-0.05, 0) is 48.7 Å². The molecule has 0 unspecified atom stereocenters. The molecule has 8 heteroatoms. The molecule has 2 aromatic carbocycles. The number of halogens is 2. The summed E-state index contributed by atoms with van der Waals surface area (Å²) in [4.78, 5) is 29.4. The number of benzene rings is 2. The third kappa shape index (κ3) is 4.04. The number of hydrogen-bond acceptors (Lipinski definition) is 4. The molecule has 0 bridgehead atoms. The van der Waals surface area contributed by atoms with Gasteiger partial charge in [-0.2, -0.15) is 0 Å². The largest absolute Gasteiger partial charge is 0.481 e. The molecule has 1 aromatic heterocycles. The van der Waals surface area contributed by atoms with Gasteiger partial charge < -0.3 is 19.4 Å². The van der Waals surface area contributed by atoms with Gasteiger partial charge in [0.15, 0.2) is 6.10 Å². The van der Waals surface area contributed by atoms with Crippen LogP contribution in [0.3, 0.4) is 0 Å². The van der Waals surface area contributed by atoms with Crippen LogP contribution in [0, 0.1) is 5.82 Å². The van der Waals surface area contributed by atoms with Gasteiger partial charge in [0, 0.05) is 30.4 Å². The Morgan fingerprint density at radius 3 is 2.67 bits per heavy atom. The van der Waals surface area contributed by atoms with Gasteiger partial charge in [0.25, 0.3) is 11.5 Å². The lowest BCUT2D eigenvalue weighted by atomic mass is 10.0. The van der Waals surface area contributed by atoms with Crippen molar-refractivity contribution in [1.29, 1.82) is 0 Å². The van der Waals surface area contributed by atoms with Crippen LogP contribution in [0.5, 0.6) is 5.75 Å². The van der Waals surface area contributed by atoms with Crippen molar-refractivity contribution >= 4 is 28.3 Å². The standard InChI is InChI=1S/C22H20ClFN2O4/c1-13(22(28)26-6-8-29-9-7-26)30-15-3-5-16-18(11-15)21(27)25-12-19(16)17-4-2-14(24)10-20(17)23/h2-5,10-13H,6-9H2,1H3,(H,25,27)/t13-/m1/s1. The van der Waals surface area contributed by atoms with Gasteiger partial charge in [0.2, 0.25) is 0 Å². The molecule has 0 saturated carbocycles. The van der Waals surface area contributed by atoms with Crippen LogP contribution < -0.4 is 10.3 Å². The summed E-state index contributed by atoms with van der Waals surface area (Å²) in [5.74, 6) is -0.157. The minimum Gasteiger partial charge on any atom is -0.481 e. The highest BCUT2D eigenvalue weighted by molar-refractivity contribution is 6.33. The molecule has 2 heterocycles. The lowest BCUT2D eigenvalue weighted by Crippen LogP contribution is -2.46. The Balaban J connectivity index is 1.65. The summed E-state index contributed by atoms with van der Waals surface area (Å²) in [6.07, 6.45) is 0.851. The van der Waals surface area contributed by atoms with E-state index >= 15 is 0 Å². The Morgan fingerprint density at radius 1 is 1.17 bits per heavy atom. The van der Waals surface area contributed by atoms with Crippen LogP contribution in [0.4, 0.5) is 4.39 Å². The summed E-state index contributed by atoms with van der Waals surface area (Å²) < 4.78 is 24.5. The van der Waals surface area contributed by atoms with E-state index in [0.717, 1.165) is 0 Å². The molecule has 1 aliphatic rings. The molecule has 1 amide bonds. The fraction of sp³-hybridized carbons (Fsp3) is 0.273. The molecule has 1 saturated heterocycles. The average molecular weight is 431 g/mol. The Kier molecular flexibility index (Phi) is 5.74. The Hall–Kier alpha value is -2.90. The third-order valence-corrected chi connectivity index (χ3v) is 5.39. The van der Waals surface area contributed by atoms with Gasteiger partial charge in [-0.1, -0.05) is 11.6 Å². The summed E-state index contributed by atoms with van der Waals surface area (Å²) in [5, 5.41) is 1.27. The molecule has 6 nitrogen and oxygen atoms in total. The SMILES string of the molecule is C[C@@H](Oc1ccc2c(-c3ccc(F)cc3Cl)c[nH]c(=O)c2c1)C(=O)N1CCOCC1. The summed E-state index contributed by atoms with van der Waals surface area (Å²) in [7, 11) is 0. The highest BCUT2D eigenvalue weighted by Gasteiger charge is 2.24. The summed E-state index contributed by atoms with van der Waals surface area (Å²) in [5.41, 5.74) is 0.965. The van der Waals surface area contributed by atoms with Crippen molar-refractivity contribution in [3.63, 3.8) is 0 Å². The molecule has 3 aromatic rings. The number of nitrogens with zero attached hydrogens (tertiary/aromatic N) is 1. The Morgan fingerprint density at radius 2 is 1.93 bits per heavy atom. The zero-order valence-electron chi connectivity index (χ0n) is 16.3. The van der Waals surface area contributed by atoms with Crippen molar-refractivity contribution < 1.29 is 18.7 Å². The maximum Gasteiger partial charge on any atom is 0.263 e. The lowest BCUT2D eigenvalue weighted by Gasteiger charge is -2.29. The zero-order valence-corrected chi connectivity index (χ0v) is 17.0. The second-order valence-electron chi connectivity index (χ2n) is 7.06. The van der Waals surface area contributed by atoms with Gasteiger partial charge in [-0.15, -0.1) is 0 Å². The number of aromatic amines is 1. The first-order valence-corrected chi connectivity index (χ1v) is 9.96. The molecule has 0 radical (unpaired) electrons. The second-order valence-corrected chi connectivity index (χ2v) is 7.47. The predicted octanol–water partition coefficient (Wildman–Crippen LogP) is 3.61. The minimum atomic E-state index is -0.700. The van der Waals surface area contributed by atoms with Crippen LogP contribution in [-0.2, 0) is 9.53 Å². The summed E-state index contributed by atoms with van der Waals surface area (Å²) in [6.45, 7) is 3.77. The molecule has 1 N–H and O–H groups in total. The highest BCUT2D eigenvalue weighted by Crippen LogP contribution is 2.33. The molecule has 156 valence electrons. The van der Waals surface area contributed by atoms with E-state index in [2.05, 4.69) is 4.98 Å². The van der Waals surface area contributed by atoms with E-state index < -0.39 is 11.9 Å². The number of morpholine rings is 1.